The van der Waals surface area contributed by atoms with Crippen molar-refractivity contribution in [1.82, 2.24) is 35.7 Å². The van der Waals surface area contributed by atoms with Gasteiger partial charge in [0.25, 0.3) is 28.9 Å². The third-order valence-corrected chi connectivity index (χ3v) is 9.95. The van der Waals surface area contributed by atoms with Crippen LogP contribution in [0.3, 0.4) is 0 Å². The molecule has 0 radical (unpaired) electrons. The van der Waals surface area contributed by atoms with Gasteiger partial charge in [-0.15, -0.1) is 5.10 Å². The molecule has 1 aromatic rings. The van der Waals surface area contributed by atoms with Crippen LogP contribution in [0.1, 0.15) is 0 Å². The first kappa shape index (κ1) is 43.4. The van der Waals surface area contributed by atoms with Crippen molar-refractivity contribution in [3.8, 4) is 0 Å². The average molecular weight is 847 g/mol. The fraction of sp³-hybridized carbons (Fsp3) is 0.556. The molecule has 302 valence electrons. The number of amides is 3. The number of halogens is 4. The highest BCUT2D eigenvalue weighted by atomic mass is 32.2. The largest absolute Gasteiger partial charge is 0.477 e. The number of tetrazole rings is 1. The summed E-state index contributed by atoms with van der Waals surface area (Å²) in [6.07, 6.45) is -3.32. The molecule has 0 saturated carbocycles. The monoisotopic (exact) mass is 846 g/mol. The van der Waals surface area contributed by atoms with Crippen LogP contribution < -0.4 is 10.6 Å². The average Bonchev–Trinajstić information content (AvgIpc) is 3.59. The number of methoxy groups -OCH3 is 2. The number of hydrogen-bond acceptors (Lipinski definition) is 18. The molecule has 1 fully saturated rings. The maximum Gasteiger partial charge on any atom is 0.365 e. The number of aliphatic imine (C=N–C) groups is 1. The van der Waals surface area contributed by atoms with Gasteiger partial charge in [0.2, 0.25) is 23.2 Å². The molecule has 0 spiro atoms. The number of carboxylic acids is 2. The van der Waals surface area contributed by atoms with E-state index in [-0.39, 0.29) is 52.1 Å². The second kappa shape index (κ2) is 18.5. The number of hydrogen-bond donors (Lipinski definition) is 4. The van der Waals surface area contributed by atoms with Gasteiger partial charge in [0.05, 0.1) is 31.3 Å². The van der Waals surface area contributed by atoms with Crippen LogP contribution in [-0.4, -0.2) is 163 Å². The van der Waals surface area contributed by atoms with Gasteiger partial charge in [-0.2, -0.15) is 17.6 Å². The van der Waals surface area contributed by atoms with Crippen LogP contribution in [0.25, 0.3) is 0 Å². The Morgan fingerprint density at radius 3 is 2.33 bits per heavy atom. The summed E-state index contributed by atoms with van der Waals surface area (Å²) >= 11 is 0.798. The molecule has 4 N–H and O–H groups in total. The van der Waals surface area contributed by atoms with Crippen molar-refractivity contribution in [3.63, 3.8) is 0 Å². The summed E-state index contributed by atoms with van der Waals surface area (Å²) in [6, 6.07) is 0. The molecule has 0 aliphatic carbocycles. The lowest BCUT2D eigenvalue weighted by Gasteiger charge is -2.55. The molecule has 3 aliphatic rings. The summed E-state index contributed by atoms with van der Waals surface area (Å²) in [7, 11) is 1.96. The number of nitrogens with one attached hydrogen (secondary N) is 2. The van der Waals surface area contributed by atoms with E-state index in [1.54, 1.807) is 0 Å². The molecule has 0 unspecified atom stereocenters. The fourth-order valence-corrected chi connectivity index (χ4v) is 6.69. The van der Waals surface area contributed by atoms with Crippen LogP contribution in [0.5, 0.6) is 0 Å². The summed E-state index contributed by atoms with van der Waals surface area (Å²) < 4.78 is 78.5. The number of esters is 1. The first-order valence-electron chi connectivity index (χ1n) is 15.1. The summed E-state index contributed by atoms with van der Waals surface area (Å²) in [4.78, 5) is 80.0. The smallest absolute Gasteiger partial charge is 0.365 e. The van der Waals surface area contributed by atoms with E-state index in [0.29, 0.717) is 0 Å². The lowest BCUT2D eigenvalue weighted by atomic mass is 9.94. The van der Waals surface area contributed by atoms with E-state index in [4.69, 9.17) is 23.7 Å². The molecular formula is C27H30F4N8O13S3. The van der Waals surface area contributed by atoms with E-state index in [1.165, 1.54) is 0 Å². The first-order valence-corrected chi connectivity index (χ1v) is 18.2. The molecule has 0 aromatic carbocycles. The van der Waals surface area contributed by atoms with Gasteiger partial charge in [0, 0.05) is 25.5 Å². The lowest BCUT2D eigenvalue weighted by Crippen LogP contribution is -2.82. The number of nitrogens with zero attached hydrogens (tertiary/aromatic N) is 6. The normalized spacial score (nSPS) is 22.1. The van der Waals surface area contributed by atoms with Crippen LogP contribution >= 0.6 is 35.3 Å². The van der Waals surface area contributed by atoms with Gasteiger partial charge in [-0.25, -0.2) is 24.1 Å². The van der Waals surface area contributed by atoms with Gasteiger partial charge in [-0.3, -0.25) is 19.3 Å². The third-order valence-electron chi connectivity index (χ3n) is 7.55. The fourth-order valence-electron chi connectivity index (χ4n) is 5.10. The Balaban J connectivity index is 1.45. The predicted molar refractivity (Wildman–Crippen MR) is 177 cm³/mol. The second-order valence-electron chi connectivity index (χ2n) is 10.9. The number of carboxylic acid groups (broad SMARTS) is 2. The lowest BCUT2D eigenvalue weighted by molar-refractivity contribution is -0.257. The number of ether oxygens (including phenoxy) is 5. The van der Waals surface area contributed by atoms with Crippen molar-refractivity contribution in [2.24, 2.45) is 4.99 Å². The molecule has 4 rings (SSSR count). The number of carbonyl (C=O) groups excluding carboxylic acids is 4. The molecule has 4 atom stereocenters. The van der Waals surface area contributed by atoms with Crippen LogP contribution in [0, 0.1) is 0 Å². The van der Waals surface area contributed by atoms with Gasteiger partial charge in [-0.1, -0.05) is 41.9 Å². The highest BCUT2D eigenvalue weighted by Gasteiger charge is 2.67. The number of fused-ring (bicyclic) bond motifs is 1. The van der Waals surface area contributed by atoms with E-state index < -0.39 is 114 Å². The number of thioether (sulfide) groups is 3. The summed E-state index contributed by atoms with van der Waals surface area (Å²) in [5.74, 6) is -15.2. The molecule has 4 heterocycles. The molecule has 21 nitrogen and oxygen atoms in total. The van der Waals surface area contributed by atoms with Crippen molar-refractivity contribution in [2.45, 2.75) is 47.1 Å². The Bertz CT molecular complexity index is 1770. The number of β-lactam (4-membered cyclic amide) rings is 1. The van der Waals surface area contributed by atoms with E-state index in [9.17, 15) is 56.5 Å². The third kappa shape index (κ3) is 9.55. The Kier molecular flexibility index (Phi) is 14.6. The van der Waals surface area contributed by atoms with E-state index in [0.717, 1.165) is 35.6 Å². The van der Waals surface area contributed by atoms with E-state index in [1.807, 2.05) is 0 Å². The zero-order valence-electron chi connectivity index (χ0n) is 28.3. The second-order valence-corrected chi connectivity index (χ2v) is 13.8. The number of carbonyl (C=O) groups is 6. The minimum absolute atomic E-state index is 0.000693. The molecule has 3 amide bonds. The Morgan fingerprint density at radius 1 is 1.05 bits per heavy atom. The van der Waals surface area contributed by atoms with Gasteiger partial charge < -0.3 is 44.5 Å². The Hall–Kier alpha value is -4.35. The Morgan fingerprint density at radius 2 is 1.73 bits per heavy atom. The van der Waals surface area contributed by atoms with Crippen LogP contribution in [-0.2, 0) is 59.0 Å². The highest BCUT2D eigenvalue weighted by Crippen LogP contribution is 2.41. The van der Waals surface area contributed by atoms with Crippen molar-refractivity contribution in [1.29, 1.82) is 0 Å². The molecule has 0 bridgehead atoms. The van der Waals surface area contributed by atoms with Crippen LogP contribution in [0.4, 0.5) is 17.6 Å². The van der Waals surface area contributed by atoms with Crippen molar-refractivity contribution < 1.29 is 80.2 Å². The zero-order valence-corrected chi connectivity index (χ0v) is 30.7. The van der Waals surface area contributed by atoms with Crippen LogP contribution in [0.2, 0.25) is 0 Å². The quantitative estimate of drug-likeness (QED) is 0.0408. The zero-order chi connectivity index (χ0) is 40.7. The van der Waals surface area contributed by atoms with E-state index in [2.05, 4.69) is 37.7 Å². The topological polar surface area (TPSA) is 272 Å². The van der Waals surface area contributed by atoms with Crippen molar-refractivity contribution in [2.75, 3.05) is 51.3 Å². The number of alkyl halides is 4. The molecule has 1 saturated heterocycles. The first-order chi connectivity index (χ1) is 26.0. The minimum Gasteiger partial charge on any atom is -0.477 e. The van der Waals surface area contributed by atoms with Crippen molar-refractivity contribution in [3.05, 3.63) is 23.4 Å². The molecule has 3 aliphatic heterocycles. The Labute approximate surface area is 318 Å². The summed E-state index contributed by atoms with van der Waals surface area (Å²) in [5, 5.41) is 35.0. The standard InChI is InChI=1S/C27H30F4N8O13S3/c1-11-6-51-19(32-15(11)17(42)43)26(48-2,33-13(40)9-53-23(28)29)22(47)50-5-4-38-25(35-36-37-38)55-8-12-7-52-21-27(49-3,34-14(41)10-54-24(30)31)20(46)39(21)16(12)18(44)45/h19,21,23-24H,1,4-10H2,2-3H3,(H,33,40)(H,34,41)(H,42,43)(H,44,45)/t19-,21-,26-,27+/m1/s1. The molecule has 28 heteroatoms. The maximum atomic E-state index is 13.5. The molecule has 55 heavy (non-hydrogen) atoms. The number of rotatable bonds is 20. The SMILES string of the molecule is C=C1CO[C@H]([C@@](NC(=O)CSC(F)F)(OC)C(=O)OCCn2nnnc2SCC2=C(C(=O)O)N3C(=O)[C@](NC(=O)CSC(F)F)(OC)[C@H]3OC2)N=C1C(=O)O. The van der Waals surface area contributed by atoms with Gasteiger partial charge in [0.1, 0.15) is 12.3 Å². The van der Waals surface area contributed by atoms with Gasteiger partial charge in [0.15, 0.2) is 11.9 Å². The summed E-state index contributed by atoms with van der Waals surface area (Å²) in [6.45, 7) is 1.83. The van der Waals surface area contributed by atoms with Crippen molar-refractivity contribution >= 4 is 76.6 Å². The maximum absolute atomic E-state index is 13.5. The van der Waals surface area contributed by atoms with Gasteiger partial charge in [-0.05, 0) is 16.0 Å². The van der Waals surface area contributed by atoms with E-state index >= 15 is 0 Å². The van der Waals surface area contributed by atoms with Crippen LogP contribution in [0.15, 0.2) is 33.6 Å². The predicted octanol–water partition coefficient (Wildman–Crippen LogP) is -0.887. The summed E-state index contributed by atoms with van der Waals surface area (Å²) in [5.41, 5.74) is -5.96. The highest BCUT2D eigenvalue weighted by molar-refractivity contribution is 8.00. The molecular weight excluding hydrogens is 817 g/mol. The minimum atomic E-state index is -2.95. The molecule has 1 aromatic heterocycles. The number of aliphatic carboxylic acids is 2. The number of aromatic nitrogens is 4. The van der Waals surface area contributed by atoms with Gasteiger partial charge >= 0.3 is 17.9 Å².